The van der Waals surface area contributed by atoms with Crippen molar-refractivity contribution in [3.63, 3.8) is 0 Å². The van der Waals surface area contributed by atoms with E-state index in [1.165, 1.54) is 25.5 Å². The monoisotopic (exact) mass is 525 g/mol. The zero-order valence-electron chi connectivity index (χ0n) is 23.0. The summed E-state index contributed by atoms with van der Waals surface area (Å²) in [6.45, 7) is 7.31. The zero-order chi connectivity index (χ0) is 27.6. The van der Waals surface area contributed by atoms with E-state index in [4.69, 9.17) is 9.47 Å². The highest BCUT2D eigenvalue weighted by atomic mass is 16.6. The SMILES string of the molecule is COC(=O)c1ccc(CN(Cc2ccc(-c3ccc4c(cnn4CC4CC4)c3)cc2)C(=O)OC(C)(C)C)cc1. The van der Waals surface area contributed by atoms with Gasteiger partial charge in [0.25, 0.3) is 0 Å². The molecule has 0 aliphatic heterocycles. The van der Waals surface area contributed by atoms with Gasteiger partial charge in [-0.2, -0.15) is 5.10 Å². The van der Waals surface area contributed by atoms with Gasteiger partial charge in [0.2, 0.25) is 0 Å². The van der Waals surface area contributed by atoms with Crippen LogP contribution in [-0.4, -0.2) is 39.5 Å². The molecular formula is C32H35N3O4. The Labute approximate surface area is 229 Å². The molecule has 1 aromatic heterocycles. The van der Waals surface area contributed by atoms with Crippen molar-refractivity contribution in [3.05, 3.63) is 89.6 Å². The second-order valence-electron chi connectivity index (χ2n) is 11.3. The van der Waals surface area contributed by atoms with Gasteiger partial charge < -0.3 is 9.47 Å². The van der Waals surface area contributed by atoms with Crippen molar-refractivity contribution in [2.24, 2.45) is 5.92 Å². The van der Waals surface area contributed by atoms with Gasteiger partial charge in [-0.15, -0.1) is 0 Å². The Bertz CT molecular complexity index is 1460. The molecule has 0 bridgehead atoms. The normalized spacial score (nSPS) is 13.3. The largest absolute Gasteiger partial charge is 0.465 e. The van der Waals surface area contributed by atoms with Crippen molar-refractivity contribution in [2.45, 2.75) is 58.8 Å². The van der Waals surface area contributed by atoms with E-state index >= 15 is 0 Å². The van der Waals surface area contributed by atoms with Crippen LogP contribution in [0.15, 0.2) is 72.9 Å². The quantitative estimate of drug-likeness (QED) is 0.236. The van der Waals surface area contributed by atoms with Crippen LogP contribution in [0, 0.1) is 5.92 Å². The van der Waals surface area contributed by atoms with Gasteiger partial charge in [-0.05, 0) is 86.1 Å². The maximum Gasteiger partial charge on any atom is 0.410 e. The first-order chi connectivity index (χ1) is 18.7. The number of benzene rings is 3. The van der Waals surface area contributed by atoms with Crippen LogP contribution in [0.3, 0.4) is 0 Å². The Morgan fingerprint density at radius 2 is 1.54 bits per heavy atom. The number of carbonyl (C=O) groups excluding carboxylic acids is 2. The minimum Gasteiger partial charge on any atom is -0.465 e. The smallest absolute Gasteiger partial charge is 0.410 e. The Balaban J connectivity index is 1.32. The Morgan fingerprint density at radius 1 is 0.923 bits per heavy atom. The van der Waals surface area contributed by atoms with Crippen LogP contribution in [0.4, 0.5) is 4.79 Å². The van der Waals surface area contributed by atoms with E-state index in [0.717, 1.165) is 40.1 Å². The van der Waals surface area contributed by atoms with Crippen LogP contribution in [0.2, 0.25) is 0 Å². The number of amides is 1. The third-order valence-corrected chi connectivity index (χ3v) is 6.83. The van der Waals surface area contributed by atoms with Crippen molar-refractivity contribution >= 4 is 23.0 Å². The molecule has 1 fully saturated rings. The first-order valence-corrected chi connectivity index (χ1v) is 13.4. The highest BCUT2D eigenvalue weighted by Crippen LogP contribution is 2.32. The highest BCUT2D eigenvalue weighted by Gasteiger charge is 2.24. The third kappa shape index (κ3) is 6.66. The number of hydrogen-bond donors (Lipinski definition) is 0. The molecule has 1 heterocycles. The lowest BCUT2D eigenvalue weighted by Crippen LogP contribution is -2.36. The number of ether oxygens (including phenoxy) is 2. The first kappa shape index (κ1) is 26.5. The van der Waals surface area contributed by atoms with Crippen LogP contribution in [0.5, 0.6) is 0 Å². The fourth-order valence-electron chi connectivity index (χ4n) is 4.58. The molecule has 0 unspecified atom stereocenters. The van der Waals surface area contributed by atoms with Crippen molar-refractivity contribution < 1.29 is 19.1 Å². The van der Waals surface area contributed by atoms with Gasteiger partial charge in [0.05, 0.1) is 24.4 Å². The van der Waals surface area contributed by atoms with Gasteiger partial charge in [0, 0.05) is 25.0 Å². The van der Waals surface area contributed by atoms with Crippen molar-refractivity contribution in [1.29, 1.82) is 0 Å². The third-order valence-electron chi connectivity index (χ3n) is 6.83. The summed E-state index contributed by atoms with van der Waals surface area (Å²) in [4.78, 5) is 26.5. The van der Waals surface area contributed by atoms with Gasteiger partial charge in [-0.25, -0.2) is 9.59 Å². The fraction of sp³-hybridized carbons (Fsp3) is 0.344. The standard InChI is InChI=1S/C32H35N3O4/c1-32(2,3)39-31(37)34(20-23-9-13-26(14-10-23)30(36)38-4)19-22-7-11-25(12-8-22)27-15-16-29-28(17-27)18-33-35(29)21-24-5-6-24/h7-18,24H,5-6,19-21H2,1-4H3. The first-order valence-electron chi connectivity index (χ1n) is 13.4. The number of rotatable bonds is 8. The van der Waals surface area contributed by atoms with E-state index in [-0.39, 0.29) is 0 Å². The predicted molar refractivity (Wildman–Crippen MR) is 151 cm³/mol. The molecule has 1 aliphatic rings. The molecule has 7 nitrogen and oxygen atoms in total. The highest BCUT2D eigenvalue weighted by molar-refractivity contribution is 5.89. The average molecular weight is 526 g/mol. The summed E-state index contributed by atoms with van der Waals surface area (Å²) in [7, 11) is 1.35. The van der Waals surface area contributed by atoms with E-state index in [1.54, 1.807) is 17.0 Å². The van der Waals surface area contributed by atoms with Crippen molar-refractivity contribution in [3.8, 4) is 11.1 Å². The number of aromatic nitrogens is 2. The maximum absolute atomic E-state index is 13.1. The van der Waals surface area contributed by atoms with Crippen LogP contribution in [0.1, 0.15) is 55.1 Å². The Kier molecular flexibility index (Phi) is 7.42. The lowest BCUT2D eigenvalue weighted by Gasteiger charge is -2.27. The summed E-state index contributed by atoms with van der Waals surface area (Å²) in [5, 5.41) is 5.74. The number of fused-ring (bicyclic) bond motifs is 1. The summed E-state index contributed by atoms with van der Waals surface area (Å²) >= 11 is 0. The van der Waals surface area contributed by atoms with Crippen LogP contribution >= 0.6 is 0 Å². The lowest BCUT2D eigenvalue weighted by atomic mass is 10.0. The van der Waals surface area contributed by atoms with E-state index in [2.05, 4.69) is 40.1 Å². The summed E-state index contributed by atoms with van der Waals surface area (Å²) in [5.74, 6) is 0.386. The number of methoxy groups -OCH3 is 1. The van der Waals surface area contributed by atoms with Gasteiger partial charge in [-0.3, -0.25) is 9.58 Å². The van der Waals surface area contributed by atoms with Gasteiger partial charge in [0.1, 0.15) is 5.60 Å². The van der Waals surface area contributed by atoms with Crippen molar-refractivity contribution in [2.75, 3.05) is 7.11 Å². The molecule has 39 heavy (non-hydrogen) atoms. The second kappa shape index (κ2) is 10.9. The summed E-state index contributed by atoms with van der Waals surface area (Å²) < 4.78 is 12.6. The second-order valence-corrected chi connectivity index (χ2v) is 11.3. The minimum atomic E-state index is -0.612. The van der Waals surface area contributed by atoms with Crippen molar-refractivity contribution in [1.82, 2.24) is 14.7 Å². The van der Waals surface area contributed by atoms with E-state index in [0.29, 0.717) is 18.7 Å². The molecule has 0 spiro atoms. The summed E-state index contributed by atoms with van der Waals surface area (Å²) in [6, 6.07) is 21.8. The number of esters is 1. The molecule has 0 saturated heterocycles. The molecule has 0 N–H and O–H groups in total. The topological polar surface area (TPSA) is 73.7 Å². The van der Waals surface area contributed by atoms with Crippen LogP contribution in [0.25, 0.3) is 22.0 Å². The molecule has 1 saturated carbocycles. The summed E-state index contributed by atoms with van der Waals surface area (Å²) in [6.07, 6.45) is 4.17. The molecule has 0 radical (unpaired) electrons. The van der Waals surface area contributed by atoms with E-state index < -0.39 is 17.7 Å². The molecule has 5 rings (SSSR count). The average Bonchev–Trinajstić information content (AvgIpc) is 3.65. The lowest BCUT2D eigenvalue weighted by molar-refractivity contribution is 0.0216. The molecule has 0 atom stereocenters. The van der Waals surface area contributed by atoms with E-state index in [1.807, 2.05) is 51.2 Å². The van der Waals surface area contributed by atoms with Gasteiger partial charge in [0.15, 0.2) is 0 Å². The predicted octanol–water partition coefficient (Wildman–Crippen LogP) is 6.84. The molecule has 1 amide bonds. The van der Waals surface area contributed by atoms with Gasteiger partial charge in [-0.1, -0.05) is 42.5 Å². The molecule has 3 aromatic carbocycles. The van der Waals surface area contributed by atoms with E-state index in [9.17, 15) is 9.59 Å². The number of hydrogen-bond acceptors (Lipinski definition) is 5. The molecular weight excluding hydrogens is 490 g/mol. The fourth-order valence-corrected chi connectivity index (χ4v) is 4.58. The Hall–Kier alpha value is -4.13. The van der Waals surface area contributed by atoms with Crippen LogP contribution in [-0.2, 0) is 29.1 Å². The molecule has 4 aromatic rings. The minimum absolute atomic E-state index is 0.347. The number of carbonyl (C=O) groups is 2. The Morgan fingerprint density at radius 3 is 2.13 bits per heavy atom. The molecule has 1 aliphatic carbocycles. The van der Waals surface area contributed by atoms with Crippen LogP contribution < -0.4 is 0 Å². The summed E-state index contributed by atoms with van der Waals surface area (Å²) in [5.41, 5.74) is 5.16. The molecule has 202 valence electrons. The zero-order valence-corrected chi connectivity index (χ0v) is 23.0. The maximum atomic E-state index is 13.1. The molecule has 7 heteroatoms. The van der Waals surface area contributed by atoms with Gasteiger partial charge >= 0.3 is 12.1 Å². The number of nitrogens with zero attached hydrogens (tertiary/aromatic N) is 3.